The summed E-state index contributed by atoms with van der Waals surface area (Å²) in [6, 6.07) is 13.3. The standard InChI is InChI=1S/C19H20N2O3S/c1-23-8-3-9-24-16-5-2-4-14(10-16)11-19(22)21-15-6-7-17-18(12-15)25-13-20-17/h2,4-7,10,12-13H,3,8-9,11H2,1H3,(H,21,22). The molecular weight excluding hydrogens is 336 g/mol. The molecule has 0 aliphatic heterocycles. The van der Waals surface area contributed by atoms with Gasteiger partial charge in [-0.05, 0) is 35.9 Å². The van der Waals surface area contributed by atoms with Crippen LogP contribution >= 0.6 is 11.3 Å². The lowest BCUT2D eigenvalue weighted by Crippen LogP contribution is -2.14. The maximum atomic E-state index is 12.3. The number of ether oxygens (including phenoxy) is 2. The zero-order valence-electron chi connectivity index (χ0n) is 14.0. The zero-order chi connectivity index (χ0) is 17.5. The highest BCUT2D eigenvalue weighted by Crippen LogP contribution is 2.22. The quantitative estimate of drug-likeness (QED) is 0.622. The van der Waals surface area contributed by atoms with E-state index in [9.17, 15) is 4.79 Å². The van der Waals surface area contributed by atoms with Gasteiger partial charge in [0.25, 0.3) is 0 Å². The van der Waals surface area contributed by atoms with Crippen LogP contribution in [-0.2, 0) is 16.0 Å². The maximum Gasteiger partial charge on any atom is 0.228 e. The number of methoxy groups -OCH3 is 1. The molecule has 0 aliphatic rings. The van der Waals surface area contributed by atoms with Crippen molar-refractivity contribution in [2.75, 3.05) is 25.6 Å². The van der Waals surface area contributed by atoms with E-state index < -0.39 is 0 Å². The smallest absolute Gasteiger partial charge is 0.228 e. The van der Waals surface area contributed by atoms with Crippen LogP contribution < -0.4 is 10.1 Å². The molecule has 25 heavy (non-hydrogen) atoms. The third-order valence-electron chi connectivity index (χ3n) is 3.64. The van der Waals surface area contributed by atoms with Gasteiger partial charge in [-0.1, -0.05) is 12.1 Å². The van der Waals surface area contributed by atoms with Crippen LogP contribution in [0.4, 0.5) is 5.69 Å². The fourth-order valence-electron chi connectivity index (χ4n) is 2.46. The number of aromatic nitrogens is 1. The van der Waals surface area contributed by atoms with Crippen molar-refractivity contribution in [1.29, 1.82) is 0 Å². The van der Waals surface area contributed by atoms with Gasteiger partial charge < -0.3 is 14.8 Å². The molecule has 1 amide bonds. The number of anilines is 1. The number of carbonyl (C=O) groups excluding carboxylic acids is 1. The average Bonchev–Trinajstić information content (AvgIpc) is 3.07. The molecule has 0 atom stereocenters. The number of nitrogens with zero attached hydrogens (tertiary/aromatic N) is 1. The molecule has 0 unspecified atom stereocenters. The number of rotatable bonds is 8. The predicted octanol–water partition coefficient (Wildman–Crippen LogP) is 3.89. The van der Waals surface area contributed by atoms with E-state index in [0.29, 0.717) is 19.6 Å². The van der Waals surface area contributed by atoms with Crippen LogP contribution in [-0.4, -0.2) is 31.2 Å². The van der Waals surface area contributed by atoms with E-state index in [0.717, 1.165) is 33.6 Å². The number of amides is 1. The summed E-state index contributed by atoms with van der Waals surface area (Å²) in [6.07, 6.45) is 1.14. The minimum atomic E-state index is -0.0552. The lowest BCUT2D eigenvalue weighted by molar-refractivity contribution is -0.115. The summed E-state index contributed by atoms with van der Waals surface area (Å²) in [5, 5.41) is 2.93. The molecule has 0 spiro atoms. The van der Waals surface area contributed by atoms with E-state index in [1.54, 1.807) is 24.0 Å². The Kier molecular flexibility index (Phi) is 5.98. The van der Waals surface area contributed by atoms with Gasteiger partial charge in [0, 0.05) is 25.8 Å². The van der Waals surface area contributed by atoms with Crippen molar-refractivity contribution in [3.05, 3.63) is 53.5 Å². The van der Waals surface area contributed by atoms with Gasteiger partial charge in [-0.15, -0.1) is 11.3 Å². The van der Waals surface area contributed by atoms with Crippen molar-refractivity contribution < 1.29 is 14.3 Å². The molecule has 3 aromatic rings. The Balaban J connectivity index is 1.56. The first-order chi connectivity index (χ1) is 12.2. The molecule has 2 aromatic carbocycles. The van der Waals surface area contributed by atoms with Crippen LogP contribution in [0.25, 0.3) is 10.2 Å². The van der Waals surface area contributed by atoms with Gasteiger partial charge in [0.2, 0.25) is 5.91 Å². The summed E-state index contributed by atoms with van der Waals surface area (Å²) in [4.78, 5) is 16.5. The van der Waals surface area contributed by atoms with Crippen molar-refractivity contribution in [3.63, 3.8) is 0 Å². The number of benzene rings is 2. The van der Waals surface area contributed by atoms with Crippen LogP contribution in [0.15, 0.2) is 48.0 Å². The summed E-state index contributed by atoms with van der Waals surface area (Å²) >= 11 is 1.56. The molecular formula is C19H20N2O3S. The van der Waals surface area contributed by atoms with E-state index in [2.05, 4.69) is 10.3 Å². The Bertz CT molecular complexity index is 847. The minimum Gasteiger partial charge on any atom is -0.493 e. The van der Waals surface area contributed by atoms with E-state index >= 15 is 0 Å². The number of hydrogen-bond acceptors (Lipinski definition) is 5. The second-order valence-corrected chi connectivity index (χ2v) is 6.49. The van der Waals surface area contributed by atoms with Gasteiger partial charge in [-0.25, -0.2) is 4.98 Å². The third kappa shape index (κ3) is 5.01. The number of fused-ring (bicyclic) bond motifs is 1. The van der Waals surface area contributed by atoms with Crippen molar-refractivity contribution in [1.82, 2.24) is 4.98 Å². The molecule has 0 radical (unpaired) electrons. The first-order valence-electron chi connectivity index (χ1n) is 8.08. The van der Waals surface area contributed by atoms with E-state index in [1.807, 2.05) is 42.5 Å². The molecule has 1 heterocycles. The normalized spacial score (nSPS) is 10.8. The Labute approximate surface area is 150 Å². The molecule has 6 heteroatoms. The highest BCUT2D eigenvalue weighted by molar-refractivity contribution is 7.16. The van der Waals surface area contributed by atoms with E-state index in [1.165, 1.54) is 0 Å². The lowest BCUT2D eigenvalue weighted by atomic mass is 10.1. The molecule has 0 saturated carbocycles. The van der Waals surface area contributed by atoms with Crippen LogP contribution in [0.2, 0.25) is 0 Å². The van der Waals surface area contributed by atoms with Crippen molar-refractivity contribution in [2.24, 2.45) is 0 Å². The summed E-state index contributed by atoms with van der Waals surface area (Å²) in [6.45, 7) is 1.27. The molecule has 0 fully saturated rings. The average molecular weight is 356 g/mol. The second kappa shape index (κ2) is 8.60. The Morgan fingerprint density at radius 1 is 1.20 bits per heavy atom. The summed E-state index contributed by atoms with van der Waals surface area (Å²) in [5.74, 6) is 0.716. The highest BCUT2D eigenvalue weighted by atomic mass is 32.1. The van der Waals surface area contributed by atoms with Gasteiger partial charge in [0.15, 0.2) is 0 Å². The zero-order valence-corrected chi connectivity index (χ0v) is 14.8. The van der Waals surface area contributed by atoms with Gasteiger partial charge in [0.1, 0.15) is 5.75 Å². The molecule has 0 bridgehead atoms. The monoisotopic (exact) mass is 356 g/mol. The minimum absolute atomic E-state index is 0.0552. The van der Waals surface area contributed by atoms with Crippen LogP contribution in [0.1, 0.15) is 12.0 Å². The number of hydrogen-bond donors (Lipinski definition) is 1. The van der Waals surface area contributed by atoms with Crippen LogP contribution in [0.3, 0.4) is 0 Å². The van der Waals surface area contributed by atoms with Gasteiger partial charge in [0.05, 0.1) is 28.8 Å². The van der Waals surface area contributed by atoms with E-state index in [4.69, 9.17) is 9.47 Å². The number of thiazole rings is 1. The van der Waals surface area contributed by atoms with Crippen LogP contribution in [0.5, 0.6) is 5.75 Å². The predicted molar refractivity (Wildman–Crippen MR) is 100 cm³/mol. The fraction of sp³-hybridized carbons (Fsp3) is 0.263. The molecule has 5 nitrogen and oxygen atoms in total. The molecule has 3 rings (SSSR count). The van der Waals surface area contributed by atoms with Crippen molar-refractivity contribution in [2.45, 2.75) is 12.8 Å². The van der Waals surface area contributed by atoms with Gasteiger partial charge in [-0.3, -0.25) is 4.79 Å². The Morgan fingerprint density at radius 2 is 2.12 bits per heavy atom. The van der Waals surface area contributed by atoms with E-state index in [-0.39, 0.29) is 5.91 Å². The highest BCUT2D eigenvalue weighted by Gasteiger charge is 2.07. The number of nitrogens with one attached hydrogen (secondary N) is 1. The third-order valence-corrected chi connectivity index (χ3v) is 4.43. The first-order valence-corrected chi connectivity index (χ1v) is 8.96. The van der Waals surface area contributed by atoms with Crippen molar-refractivity contribution >= 4 is 33.1 Å². The lowest BCUT2D eigenvalue weighted by Gasteiger charge is -2.09. The summed E-state index contributed by atoms with van der Waals surface area (Å²) in [7, 11) is 1.67. The van der Waals surface area contributed by atoms with Gasteiger partial charge >= 0.3 is 0 Å². The van der Waals surface area contributed by atoms with Crippen LogP contribution in [0, 0.1) is 0 Å². The molecule has 0 saturated heterocycles. The Morgan fingerprint density at radius 3 is 3.00 bits per heavy atom. The molecule has 0 aliphatic carbocycles. The Hall–Kier alpha value is -2.44. The second-order valence-electron chi connectivity index (χ2n) is 5.60. The largest absolute Gasteiger partial charge is 0.493 e. The maximum absolute atomic E-state index is 12.3. The summed E-state index contributed by atoms with van der Waals surface area (Å²) < 4.78 is 11.7. The summed E-state index contributed by atoms with van der Waals surface area (Å²) in [5.41, 5.74) is 4.45. The topological polar surface area (TPSA) is 60.5 Å². The SMILES string of the molecule is COCCCOc1cccc(CC(=O)Nc2ccc3ncsc3c2)c1. The molecule has 1 aromatic heterocycles. The fourth-order valence-corrected chi connectivity index (χ4v) is 3.18. The molecule has 130 valence electrons. The van der Waals surface area contributed by atoms with Gasteiger partial charge in [-0.2, -0.15) is 0 Å². The van der Waals surface area contributed by atoms with Crippen molar-refractivity contribution in [3.8, 4) is 5.75 Å². The molecule has 1 N–H and O–H groups in total. The first kappa shape index (κ1) is 17.4. The number of carbonyl (C=O) groups is 1.